The molecule has 142 valence electrons. The quantitative estimate of drug-likeness (QED) is 0.680. The van der Waals surface area contributed by atoms with Gasteiger partial charge in [-0.25, -0.2) is 4.79 Å². The molecular formula is C19H18N6O3. The van der Waals surface area contributed by atoms with Gasteiger partial charge >= 0.3 is 6.03 Å². The van der Waals surface area contributed by atoms with Gasteiger partial charge in [0.2, 0.25) is 17.6 Å². The lowest BCUT2D eigenvalue weighted by Gasteiger charge is -2.14. The second kappa shape index (κ2) is 7.87. The highest BCUT2D eigenvalue weighted by atomic mass is 16.5. The van der Waals surface area contributed by atoms with Crippen LogP contribution in [-0.2, 0) is 11.2 Å². The Morgan fingerprint density at radius 2 is 1.96 bits per heavy atom. The van der Waals surface area contributed by atoms with Crippen molar-refractivity contribution in [3.8, 4) is 11.4 Å². The smallest absolute Gasteiger partial charge is 0.321 e. The van der Waals surface area contributed by atoms with Crippen molar-refractivity contribution >= 4 is 23.3 Å². The van der Waals surface area contributed by atoms with Crippen molar-refractivity contribution in [2.24, 2.45) is 0 Å². The molecule has 1 aromatic carbocycles. The molecule has 0 spiro atoms. The van der Waals surface area contributed by atoms with Crippen molar-refractivity contribution in [3.63, 3.8) is 0 Å². The minimum Gasteiger partial charge on any atom is -0.339 e. The third-order valence-corrected chi connectivity index (χ3v) is 4.29. The molecule has 1 aliphatic heterocycles. The number of urea groups is 1. The fraction of sp³-hybridized carbons (Fsp3) is 0.211. The Hall–Kier alpha value is -3.75. The number of aryl methyl sites for hydroxylation is 1. The fourth-order valence-corrected chi connectivity index (χ4v) is 2.86. The van der Waals surface area contributed by atoms with E-state index in [1.807, 2.05) is 0 Å². The predicted octanol–water partition coefficient (Wildman–Crippen LogP) is 2.23. The Bertz CT molecular complexity index is 971. The maximum atomic E-state index is 12.2. The van der Waals surface area contributed by atoms with Gasteiger partial charge in [0, 0.05) is 55.3 Å². The summed E-state index contributed by atoms with van der Waals surface area (Å²) in [5.41, 5.74) is 2.26. The van der Waals surface area contributed by atoms with Gasteiger partial charge in [0.25, 0.3) is 0 Å². The Labute approximate surface area is 160 Å². The summed E-state index contributed by atoms with van der Waals surface area (Å²) >= 11 is 0. The molecule has 0 atom stereocenters. The summed E-state index contributed by atoms with van der Waals surface area (Å²) in [6.45, 7) is 1.27. The van der Waals surface area contributed by atoms with Gasteiger partial charge in [-0.15, -0.1) is 0 Å². The molecule has 3 aromatic rings. The zero-order valence-corrected chi connectivity index (χ0v) is 15.0. The van der Waals surface area contributed by atoms with Crippen LogP contribution in [0.5, 0.6) is 0 Å². The van der Waals surface area contributed by atoms with Crippen LogP contribution >= 0.6 is 0 Å². The zero-order valence-electron chi connectivity index (χ0n) is 15.0. The second-order valence-corrected chi connectivity index (χ2v) is 6.23. The molecule has 0 unspecified atom stereocenters. The van der Waals surface area contributed by atoms with Crippen LogP contribution in [-0.4, -0.2) is 40.2 Å². The first kappa shape index (κ1) is 17.7. The van der Waals surface area contributed by atoms with Crippen LogP contribution in [0.4, 0.5) is 16.2 Å². The second-order valence-electron chi connectivity index (χ2n) is 6.23. The Morgan fingerprint density at radius 1 is 1.18 bits per heavy atom. The number of benzene rings is 1. The SMILES string of the molecule is O=C(CCc1nc(-c2ccncc2)no1)Nc1ccc(N2CCNC2=O)cc1. The van der Waals surface area contributed by atoms with E-state index in [2.05, 4.69) is 25.8 Å². The van der Waals surface area contributed by atoms with E-state index < -0.39 is 0 Å². The van der Waals surface area contributed by atoms with Gasteiger partial charge in [-0.3, -0.25) is 14.7 Å². The van der Waals surface area contributed by atoms with Crippen LogP contribution in [0, 0.1) is 0 Å². The highest BCUT2D eigenvalue weighted by Gasteiger charge is 2.20. The molecule has 9 heteroatoms. The zero-order chi connectivity index (χ0) is 19.3. The molecule has 1 aliphatic rings. The summed E-state index contributed by atoms with van der Waals surface area (Å²) in [7, 11) is 0. The lowest BCUT2D eigenvalue weighted by atomic mass is 10.2. The largest absolute Gasteiger partial charge is 0.339 e. The first-order chi connectivity index (χ1) is 13.7. The number of pyridine rings is 1. The van der Waals surface area contributed by atoms with Crippen LogP contribution < -0.4 is 15.5 Å². The summed E-state index contributed by atoms with van der Waals surface area (Å²) in [5.74, 6) is 0.715. The summed E-state index contributed by atoms with van der Waals surface area (Å²) in [4.78, 5) is 33.7. The highest BCUT2D eigenvalue weighted by molar-refractivity contribution is 5.95. The van der Waals surface area contributed by atoms with Gasteiger partial charge in [0.15, 0.2) is 0 Å². The molecule has 28 heavy (non-hydrogen) atoms. The molecule has 3 amide bonds. The molecule has 0 bridgehead atoms. The van der Waals surface area contributed by atoms with Crippen LogP contribution in [0.1, 0.15) is 12.3 Å². The molecule has 4 rings (SSSR count). The van der Waals surface area contributed by atoms with Gasteiger partial charge in [0.05, 0.1) is 0 Å². The molecule has 1 fully saturated rings. The molecular weight excluding hydrogens is 360 g/mol. The fourth-order valence-electron chi connectivity index (χ4n) is 2.86. The van der Waals surface area contributed by atoms with E-state index in [1.165, 1.54) is 0 Å². The van der Waals surface area contributed by atoms with E-state index in [9.17, 15) is 9.59 Å². The van der Waals surface area contributed by atoms with E-state index in [0.29, 0.717) is 36.9 Å². The number of nitrogens with zero attached hydrogens (tertiary/aromatic N) is 4. The van der Waals surface area contributed by atoms with Crippen LogP contribution in [0.25, 0.3) is 11.4 Å². The van der Waals surface area contributed by atoms with Gasteiger partial charge < -0.3 is 15.2 Å². The summed E-state index contributed by atoms with van der Waals surface area (Å²) in [6, 6.07) is 10.6. The first-order valence-corrected chi connectivity index (χ1v) is 8.87. The topological polar surface area (TPSA) is 113 Å². The molecule has 1 saturated heterocycles. The molecule has 0 saturated carbocycles. The number of hydrogen-bond donors (Lipinski definition) is 2. The van der Waals surface area contributed by atoms with Gasteiger partial charge in [-0.2, -0.15) is 4.98 Å². The highest BCUT2D eigenvalue weighted by Crippen LogP contribution is 2.20. The molecule has 2 N–H and O–H groups in total. The standard InChI is InChI=1S/C19H18N6O3/c26-16(5-6-17-23-18(24-28-17)13-7-9-20-10-8-13)22-14-1-3-15(4-2-14)25-12-11-21-19(25)27/h1-4,7-10H,5-6,11-12H2,(H,21,27)(H,22,26). The third kappa shape index (κ3) is 3.98. The van der Waals surface area contributed by atoms with E-state index in [1.54, 1.807) is 53.7 Å². The number of anilines is 2. The lowest BCUT2D eigenvalue weighted by Crippen LogP contribution is -2.27. The van der Waals surface area contributed by atoms with E-state index in [0.717, 1.165) is 11.3 Å². The van der Waals surface area contributed by atoms with Crippen molar-refractivity contribution < 1.29 is 14.1 Å². The number of amides is 3. The Morgan fingerprint density at radius 3 is 2.68 bits per heavy atom. The molecule has 0 radical (unpaired) electrons. The maximum absolute atomic E-state index is 12.2. The monoisotopic (exact) mass is 378 g/mol. The average molecular weight is 378 g/mol. The van der Waals surface area contributed by atoms with Gasteiger partial charge in [-0.1, -0.05) is 5.16 Å². The van der Waals surface area contributed by atoms with Gasteiger partial charge in [-0.05, 0) is 36.4 Å². The number of aromatic nitrogens is 3. The predicted molar refractivity (Wildman–Crippen MR) is 102 cm³/mol. The maximum Gasteiger partial charge on any atom is 0.321 e. The summed E-state index contributed by atoms with van der Waals surface area (Å²) in [6.07, 6.45) is 3.87. The van der Waals surface area contributed by atoms with Crippen LogP contribution in [0.2, 0.25) is 0 Å². The van der Waals surface area contributed by atoms with Crippen molar-refractivity contribution in [1.82, 2.24) is 20.4 Å². The molecule has 3 heterocycles. The van der Waals surface area contributed by atoms with Crippen LogP contribution in [0.3, 0.4) is 0 Å². The summed E-state index contributed by atoms with van der Waals surface area (Å²) in [5, 5.41) is 9.50. The number of rotatable bonds is 6. The molecule has 9 nitrogen and oxygen atoms in total. The lowest BCUT2D eigenvalue weighted by molar-refractivity contribution is -0.116. The Kier molecular flexibility index (Phi) is 4.96. The summed E-state index contributed by atoms with van der Waals surface area (Å²) < 4.78 is 5.20. The number of hydrogen-bond acceptors (Lipinski definition) is 6. The van der Waals surface area contributed by atoms with Gasteiger partial charge in [0.1, 0.15) is 0 Å². The van der Waals surface area contributed by atoms with E-state index >= 15 is 0 Å². The average Bonchev–Trinajstić information content (AvgIpc) is 3.37. The number of carbonyl (C=O) groups is 2. The molecule has 2 aromatic heterocycles. The van der Waals surface area contributed by atoms with Crippen molar-refractivity contribution in [1.29, 1.82) is 0 Å². The minimum absolute atomic E-state index is 0.109. The molecule has 0 aliphatic carbocycles. The number of nitrogens with one attached hydrogen (secondary N) is 2. The third-order valence-electron chi connectivity index (χ3n) is 4.29. The minimum atomic E-state index is -0.157. The van der Waals surface area contributed by atoms with E-state index in [-0.39, 0.29) is 18.4 Å². The van der Waals surface area contributed by atoms with E-state index in [4.69, 9.17) is 4.52 Å². The Balaban J connectivity index is 1.30. The normalized spacial score (nSPS) is 13.4. The van der Waals surface area contributed by atoms with Crippen LogP contribution in [0.15, 0.2) is 53.3 Å². The first-order valence-electron chi connectivity index (χ1n) is 8.87. The number of carbonyl (C=O) groups excluding carboxylic acids is 2. The van der Waals surface area contributed by atoms with Crippen molar-refractivity contribution in [2.75, 3.05) is 23.3 Å². The van der Waals surface area contributed by atoms with Crippen molar-refractivity contribution in [2.45, 2.75) is 12.8 Å². The van der Waals surface area contributed by atoms with Crippen molar-refractivity contribution in [3.05, 3.63) is 54.7 Å².